The Morgan fingerprint density at radius 3 is 2.20 bits per heavy atom. The molecule has 0 saturated heterocycles. The Kier molecular flexibility index (Phi) is 5.01. The molecule has 0 aromatic heterocycles. The minimum Gasteiger partial charge on any atom is -0.456 e. The molecule has 0 aromatic carbocycles. The largest absolute Gasteiger partial charge is 0.456 e. The van der Waals surface area contributed by atoms with Gasteiger partial charge in [-0.25, -0.2) is 4.79 Å². The molecule has 0 fully saturated rings. The quantitative estimate of drug-likeness (QED) is 0.521. The summed E-state index contributed by atoms with van der Waals surface area (Å²) in [6.07, 6.45) is 1.84. The Balaban J connectivity index is 3.94. The summed E-state index contributed by atoms with van der Waals surface area (Å²) in [4.78, 5) is 11.0. The van der Waals surface area contributed by atoms with Crippen LogP contribution in [0.5, 0.6) is 0 Å². The zero-order valence-electron chi connectivity index (χ0n) is 10.4. The lowest BCUT2D eigenvalue weighted by atomic mass is 10.1. The molecular formula is C12H22O3. The molecule has 3 nitrogen and oxygen atoms in total. The van der Waals surface area contributed by atoms with E-state index < -0.39 is 11.6 Å². The van der Waals surface area contributed by atoms with Gasteiger partial charge < -0.3 is 9.47 Å². The SMILES string of the molecule is C=CC(=O)OC(C)(C)CCOC(C)(C)C. The highest BCUT2D eigenvalue weighted by molar-refractivity contribution is 5.81. The van der Waals surface area contributed by atoms with E-state index in [0.29, 0.717) is 13.0 Å². The molecule has 0 aromatic rings. The Bertz CT molecular complexity index is 224. The zero-order chi connectivity index (χ0) is 12.1. The van der Waals surface area contributed by atoms with Gasteiger partial charge >= 0.3 is 5.97 Å². The van der Waals surface area contributed by atoms with Crippen molar-refractivity contribution in [1.82, 2.24) is 0 Å². The monoisotopic (exact) mass is 214 g/mol. The first-order chi connectivity index (χ1) is 6.66. The molecule has 3 heteroatoms. The first-order valence-corrected chi connectivity index (χ1v) is 5.16. The van der Waals surface area contributed by atoms with Gasteiger partial charge in [0.1, 0.15) is 5.60 Å². The van der Waals surface area contributed by atoms with E-state index in [-0.39, 0.29) is 5.60 Å². The first kappa shape index (κ1) is 14.2. The molecule has 88 valence electrons. The van der Waals surface area contributed by atoms with Crippen LogP contribution in [0.15, 0.2) is 12.7 Å². The molecule has 0 N–H and O–H groups in total. The maximum Gasteiger partial charge on any atom is 0.330 e. The molecule has 0 unspecified atom stereocenters. The third-order valence-electron chi connectivity index (χ3n) is 1.78. The van der Waals surface area contributed by atoms with Gasteiger partial charge in [0, 0.05) is 12.5 Å². The summed E-state index contributed by atoms with van der Waals surface area (Å²) >= 11 is 0. The number of carbonyl (C=O) groups excluding carboxylic acids is 1. The number of carbonyl (C=O) groups is 1. The Labute approximate surface area is 92.5 Å². The molecule has 0 aliphatic rings. The molecule has 0 radical (unpaired) electrons. The van der Waals surface area contributed by atoms with Gasteiger partial charge in [-0.05, 0) is 34.6 Å². The minimum absolute atomic E-state index is 0.154. The van der Waals surface area contributed by atoms with Gasteiger partial charge in [0.05, 0.1) is 12.2 Å². The van der Waals surface area contributed by atoms with E-state index in [1.54, 1.807) is 0 Å². The van der Waals surface area contributed by atoms with Crippen LogP contribution in [-0.4, -0.2) is 23.8 Å². The summed E-state index contributed by atoms with van der Waals surface area (Å²) in [5, 5.41) is 0. The van der Waals surface area contributed by atoms with Crippen LogP contribution in [0.25, 0.3) is 0 Å². The highest BCUT2D eigenvalue weighted by Gasteiger charge is 2.22. The van der Waals surface area contributed by atoms with Crippen LogP contribution < -0.4 is 0 Å². The van der Waals surface area contributed by atoms with E-state index in [1.165, 1.54) is 6.08 Å². The van der Waals surface area contributed by atoms with E-state index in [1.807, 2.05) is 34.6 Å². The van der Waals surface area contributed by atoms with Gasteiger partial charge in [-0.2, -0.15) is 0 Å². The summed E-state index contributed by atoms with van der Waals surface area (Å²) in [6, 6.07) is 0. The van der Waals surface area contributed by atoms with Crippen LogP contribution in [0.4, 0.5) is 0 Å². The summed E-state index contributed by atoms with van der Waals surface area (Å²) < 4.78 is 10.7. The van der Waals surface area contributed by atoms with E-state index in [9.17, 15) is 4.79 Å². The number of esters is 1. The molecule has 0 aliphatic heterocycles. The molecule has 0 amide bonds. The second-order valence-electron chi connectivity index (χ2n) is 5.10. The van der Waals surface area contributed by atoms with Crippen LogP contribution in [-0.2, 0) is 14.3 Å². The lowest BCUT2D eigenvalue weighted by molar-refractivity contribution is -0.152. The summed E-state index contributed by atoms with van der Waals surface area (Å²) in [5.41, 5.74) is -0.658. The molecule has 0 spiro atoms. The first-order valence-electron chi connectivity index (χ1n) is 5.16. The molecule has 0 atom stereocenters. The zero-order valence-corrected chi connectivity index (χ0v) is 10.4. The fraction of sp³-hybridized carbons (Fsp3) is 0.750. The van der Waals surface area contributed by atoms with Gasteiger partial charge in [0.25, 0.3) is 0 Å². The summed E-state index contributed by atoms with van der Waals surface area (Å²) in [7, 11) is 0. The predicted molar refractivity (Wildman–Crippen MR) is 60.7 cm³/mol. The van der Waals surface area contributed by atoms with Crippen molar-refractivity contribution in [2.75, 3.05) is 6.61 Å². The van der Waals surface area contributed by atoms with Gasteiger partial charge in [0.15, 0.2) is 0 Å². The van der Waals surface area contributed by atoms with E-state index in [4.69, 9.17) is 9.47 Å². The topological polar surface area (TPSA) is 35.5 Å². The normalized spacial score (nSPS) is 12.3. The number of hydrogen-bond acceptors (Lipinski definition) is 3. The van der Waals surface area contributed by atoms with Gasteiger partial charge in [0.2, 0.25) is 0 Å². The van der Waals surface area contributed by atoms with E-state index in [0.717, 1.165) is 0 Å². The van der Waals surface area contributed by atoms with Crippen molar-refractivity contribution < 1.29 is 14.3 Å². The smallest absolute Gasteiger partial charge is 0.330 e. The third-order valence-corrected chi connectivity index (χ3v) is 1.78. The van der Waals surface area contributed by atoms with Crippen molar-refractivity contribution in [1.29, 1.82) is 0 Å². The minimum atomic E-state index is -0.503. The van der Waals surface area contributed by atoms with Gasteiger partial charge in [-0.3, -0.25) is 0 Å². The Morgan fingerprint density at radius 2 is 1.80 bits per heavy atom. The van der Waals surface area contributed by atoms with Crippen LogP contribution in [0.3, 0.4) is 0 Å². The molecule has 0 heterocycles. The van der Waals surface area contributed by atoms with Crippen LogP contribution in [0.1, 0.15) is 41.0 Å². The number of rotatable bonds is 5. The van der Waals surface area contributed by atoms with E-state index in [2.05, 4.69) is 6.58 Å². The van der Waals surface area contributed by atoms with Gasteiger partial charge in [-0.15, -0.1) is 0 Å². The van der Waals surface area contributed by atoms with Crippen molar-refractivity contribution in [3.05, 3.63) is 12.7 Å². The van der Waals surface area contributed by atoms with Crippen molar-refractivity contribution in [3.8, 4) is 0 Å². The van der Waals surface area contributed by atoms with E-state index >= 15 is 0 Å². The van der Waals surface area contributed by atoms with Crippen LogP contribution >= 0.6 is 0 Å². The van der Waals surface area contributed by atoms with Crippen LogP contribution in [0.2, 0.25) is 0 Å². The second kappa shape index (κ2) is 5.31. The van der Waals surface area contributed by atoms with Crippen molar-refractivity contribution in [2.24, 2.45) is 0 Å². The summed E-state index contributed by atoms with van der Waals surface area (Å²) in [5.74, 6) is -0.393. The molecule has 0 aliphatic carbocycles. The average molecular weight is 214 g/mol. The Hall–Kier alpha value is -0.830. The van der Waals surface area contributed by atoms with Gasteiger partial charge in [-0.1, -0.05) is 6.58 Å². The second-order valence-corrected chi connectivity index (χ2v) is 5.10. The highest BCUT2D eigenvalue weighted by Crippen LogP contribution is 2.17. The maximum atomic E-state index is 11.0. The predicted octanol–water partition coefficient (Wildman–Crippen LogP) is 2.70. The van der Waals surface area contributed by atoms with Crippen molar-refractivity contribution in [2.45, 2.75) is 52.2 Å². The molecule has 0 saturated carbocycles. The molecular weight excluding hydrogens is 192 g/mol. The maximum absolute atomic E-state index is 11.0. The lowest BCUT2D eigenvalue weighted by Crippen LogP contribution is -2.31. The lowest BCUT2D eigenvalue weighted by Gasteiger charge is -2.27. The molecule has 0 bridgehead atoms. The summed E-state index contributed by atoms with van der Waals surface area (Å²) in [6.45, 7) is 13.6. The fourth-order valence-corrected chi connectivity index (χ4v) is 0.968. The molecule has 15 heavy (non-hydrogen) atoms. The third kappa shape index (κ3) is 8.18. The highest BCUT2D eigenvalue weighted by atomic mass is 16.6. The van der Waals surface area contributed by atoms with Crippen molar-refractivity contribution >= 4 is 5.97 Å². The Morgan fingerprint density at radius 1 is 1.27 bits per heavy atom. The average Bonchev–Trinajstić information content (AvgIpc) is 2.00. The standard InChI is InChI=1S/C12H22O3/c1-7-10(13)15-12(5,6)8-9-14-11(2,3)4/h7H,1,8-9H2,2-6H3. The number of hydrogen-bond donors (Lipinski definition) is 0. The number of ether oxygens (including phenoxy) is 2. The molecule has 0 rings (SSSR count). The van der Waals surface area contributed by atoms with Crippen molar-refractivity contribution in [3.63, 3.8) is 0 Å². The fourth-order valence-electron chi connectivity index (χ4n) is 0.968. The van der Waals surface area contributed by atoms with Crippen LogP contribution in [0, 0.1) is 0 Å².